The third-order valence-corrected chi connectivity index (χ3v) is 3.51. The summed E-state index contributed by atoms with van der Waals surface area (Å²) < 4.78 is 7.81. The fourth-order valence-corrected chi connectivity index (χ4v) is 2.57. The second-order valence-electron chi connectivity index (χ2n) is 4.37. The third-order valence-electron chi connectivity index (χ3n) is 3.51. The summed E-state index contributed by atoms with van der Waals surface area (Å²) in [6, 6.07) is 0.00222. The van der Waals surface area contributed by atoms with Crippen LogP contribution in [0, 0.1) is 5.92 Å². The molecule has 2 heterocycles. The van der Waals surface area contributed by atoms with Crippen LogP contribution in [0.5, 0.6) is 0 Å². The Bertz CT molecular complexity index is 337. The van der Waals surface area contributed by atoms with Gasteiger partial charge in [0.2, 0.25) is 0 Å². The lowest BCUT2D eigenvalue weighted by atomic mass is 9.91. The van der Waals surface area contributed by atoms with Crippen molar-refractivity contribution in [2.75, 3.05) is 6.61 Å². The number of ether oxygens (including phenoxy) is 1. The van der Waals surface area contributed by atoms with Crippen molar-refractivity contribution in [3.63, 3.8) is 0 Å². The van der Waals surface area contributed by atoms with E-state index in [1.165, 1.54) is 0 Å². The molecule has 0 saturated carbocycles. The van der Waals surface area contributed by atoms with Gasteiger partial charge in [-0.2, -0.15) is 0 Å². The Balaban J connectivity index is 2.15. The van der Waals surface area contributed by atoms with Gasteiger partial charge >= 0.3 is 0 Å². The Labute approximate surface area is 96.8 Å². The van der Waals surface area contributed by atoms with Crippen molar-refractivity contribution >= 4 is 0 Å². The van der Waals surface area contributed by atoms with Gasteiger partial charge in [-0.15, -0.1) is 0 Å². The largest absolute Gasteiger partial charge is 0.378 e. The summed E-state index contributed by atoms with van der Waals surface area (Å²) in [5.41, 5.74) is 6.32. The molecule has 4 heteroatoms. The monoisotopic (exact) mass is 223 g/mol. The molecule has 0 aliphatic carbocycles. The molecule has 1 aliphatic heterocycles. The van der Waals surface area contributed by atoms with Gasteiger partial charge in [0, 0.05) is 31.5 Å². The van der Waals surface area contributed by atoms with E-state index in [2.05, 4.69) is 23.4 Å². The summed E-state index contributed by atoms with van der Waals surface area (Å²) in [6.07, 6.45) is 6.21. The Morgan fingerprint density at radius 3 is 3.12 bits per heavy atom. The fraction of sp³-hybridized carbons (Fsp3) is 0.750. The van der Waals surface area contributed by atoms with Crippen LogP contribution in [0.15, 0.2) is 12.4 Å². The standard InChI is InChI=1S/C12H21N3O/c1-3-10-9(5-8-16-10)11(13)12-14-6-7-15(12)4-2/h6-7,9-11H,3-5,8,13H2,1-2H3. The van der Waals surface area contributed by atoms with E-state index < -0.39 is 0 Å². The molecule has 1 saturated heterocycles. The minimum atomic E-state index is 0.00222. The van der Waals surface area contributed by atoms with Crippen LogP contribution in [0.1, 0.15) is 38.6 Å². The van der Waals surface area contributed by atoms with Gasteiger partial charge in [-0.05, 0) is 19.8 Å². The van der Waals surface area contributed by atoms with E-state index in [0.717, 1.165) is 31.8 Å². The van der Waals surface area contributed by atoms with E-state index >= 15 is 0 Å². The van der Waals surface area contributed by atoms with Crippen molar-refractivity contribution in [3.05, 3.63) is 18.2 Å². The smallest absolute Gasteiger partial charge is 0.125 e. The first kappa shape index (κ1) is 11.6. The second kappa shape index (κ2) is 4.97. The van der Waals surface area contributed by atoms with Gasteiger partial charge in [0.1, 0.15) is 5.82 Å². The Morgan fingerprint density at radius 2 is 2.44 bits per heavy atom. The van der Waals surface area contributed by atoms with Crippen LogP contribution < -0.4 is 5.73 Å². The number of nitrogens with zero attached hydrogens (tertiary/aromatic N) is 2. The molecule has 0 radical (unpaired) electrons. The molecule has 0 bridgehead atoms. The predicted octanol–water partition coefficient (Wildman–Crippen LogP) is 1.72. The van der Waals surface area contributed by atoms with Crippen LogP contribution >= 0.6 is 0 Å². The van der Waals surface area contributed by atoms with Crippen LogP contribution in [0.4, 0.5) is 0 Å². The molecule has 2 rings (SSSR count). The number of aromatic nitrogens is 2. The lowest BCUT2D eigenvalue weighted by molar-refractivity contribution is 0.0803. The van der Waals surface area contributed by atoms with Gasteiger partial charge in [-0.3, -0.25) is 0 Å². The zero-order valence-electron chi connectivity index (χ0n) is 10.1. The number of nitrogens with two attached hydrogens (primary N) is 1. The molecule has 1 aliphatic rings. The van der Waals surface area contributed by atoms with Crippen LogP contribution in [0.25, 0.3) is 0 Å². The average molecular weight is 223 g/mol. The number of hydrogen-bond acceptors (Lipinski definition) is 3. The summed E-state index contributed by atoms with van der Waals surface area (Å²) in [4.78, 5) is 4.38. The molecule has 1 aromatic heterocycles. The van der Waals surface area contributed by atoms with Gasteiger partial charge in [0.25, 0.3) is 0 Å². The number of rotatable bonds is 4. The van der Waals surface area contributed by atoms with Crippen molar-refractivity contribution in [2.24, 2.45) is 11.7 Å². The first-order valence-electron chi connectivity index (χ1n) is 6.16. The maximum absolute atomic E-state index is 6.32. The Hall–Kier alpha value is -0.870. The van der Waals surface area contributed by atoms with Crippen molar-refractivity contribution in [2.45, 2.75) is 45.4 Å². The number of imidazole rings is 1. The number of hydrogen-bond donors (Lipinski definition) is 1. The molecule has 0 aromatic carbocycles. The van der Waals surface area contributed by atoms with Crippen molar-refractivity contribution in [3.8, 4) is 0 Å². The molecule has 3 atom stereocenters. The molecule has 0 spiro atoms. The molecular weight excluding hydrogens is 202 g/mol. The maximum Gasteiger partial charge on any atom is 0.125 e. The van der Waals surface area contributed by atoms with E-state index in [9.17, 15) is 0 Å². The summed E-state index contributed by atoms with van der Waals surface area (Å²) in [6.45, 7) is 6.03. The van der Waals surface area contributed by atoms with Gasteiger partial charge < -0.3 is 15.0 Å². The van der Waals surface area contributed by atoms with Gasteiger partial charge in [0.15, 0.2) is 0 Å². The van der Waals surface area contributed by atoms with E-state index in [1.54, 1.807) is 0 Å². The van der Waals surface area contributed by atoms with E-state index in [4.69, 9.17) is 10.5 Å². The van der Waals surface area contributed by atoms with Gasteiger partial charge in [-0.1, -0.05) is 6.92 Å². The SMILES string of the molecule is CCC1OCCC1C(N)c1nccn1CC. The lowest BCUT2D eigenvalue weighted by Gasteiger charge is -2.23. The van der Waals surface area contributed by atoms with Crippen molar-refractivity contribution in [1.29, 1.82) is 0 Å². The summed E-state index contributed by atoms with van der Waals surface area (Å²) in [5, 5.41) is 0. The first-order chi connectivity index (χ1) is 7.77. The maximum atomic E-state index is 6.32. The molecule has 0 amide bonds. The van der Waals surface area contributed by atoms with Crippen LogP contribution in [-0.2, 0) is 11.3 Å². The van der Waals surface area contributed by atoms with E-state index in [1.807, 2.05) is 12.4 Å². The highest BCUT2D eigenvalue weighted by Gasteiger charge is 2.34. The van der Waals surface area contributed by atoms with Crippen LogP contribution in [-0.4, -0.2) is 22.3 Å². The topological polar surface area (TPSA) is 53.1 Å². The highest BCUT2D eigenvalue weighted by Crippen LogP contribution is 2.32. The predicted molar refractivity (Wildman–Crippen MR) is 63.0 cm³/mol. The molecule has 2 N–H and O–H groups in total. The zero-order chi connectivity index (χ0) is 11.5. The highest BCUT2D eigenvalue weighted by molar-refractivity contribution is 5.02. The van der Waals surface area contributed by atoms with Gasteiger partial charge in [0.05, 0.1) is 12.1 Å². The van der Waals surface area contributed by atoms with E-state index in [-0.39, 0.29) is 6.04 Å². The molecule has 4 nitrogen and oxygen atoms in total. The average Bonchev–Trinajstić information content (AvgIpc) is 2.96. The first-order valence-corrected chi connectivity index (χ1v) is 6.16. The number of aryl methyl sites for hydroxylation is 1. The molecule has 3 unspecified atom stereocenters. The lowest BCUT2D eigenvalue weighted by Crippen LogP contribution is -2.30. The quantitative estimate of drug-likeness (QED) is 0.845. The molecule has 16 heavy (non-hydrogen) atoms. The second-order valence-corrected chi connectivity index (χ2v) is 4.37. The minimum Gasteiger partial charge on any atom is -0.378 e. The van der Waals surface area contributed by atoms with Gasteiger partial charge in [-0.25, -0.2) is 4.98 Å². The summed E-state index contributed by atoms with van der Waals surface area (Å²) in [5.74, 6) is 1.41. The minimum absolute atomic E-state index is 0.00222. The van der Waals surface area contributed by atoms with E-state index in [0.29, 0.717) is 12.0 Å². The van der Waals surface area contributed by atoms with Crippen molar-refractivity contribution < 1.29 is 4.74 Å². The fourth-order valence-electron chi connectivity index (χ4n) is 2.57. The summed E-state index contributed by atoms with van der Waals surface area (Å²) >= 11 is 0. The zero-order valence-corrected chi connectivity index (χ0v) is 10.1. The molecule has 1 aromatic rings. The molecule has 90 valence electrons. The highest BCUT2D eigenvalue weighted by atomic mass is 16.5. The summed E-state index contributed by atoms with van der Waals surface area (Å²) in [7, 11) is 0. The Kier molecular flexibility index (Phi) is 3.61. The third kappa shape index (κ3) is 1.99. The molecular formula is C12H21N3O. The Morgan fingerprint density at radius 1 is 1.62 bits per heavy atom. The van der Waals surface area contributed by atoms with Crippen LogP contribution in [0.3, 0.4) is 0 Å². The van der Waals surface area contributed by atoms with Crippen molar-refractivity contribution in [1.82, 2.24) is 9.55 Å². The molecule has 1 fully saturated rings. The van der Waals surface area contributed by atoms with Crippen LogP contribution in [0.2, 0.25) is 0 Å². The normalized spacial score (nSPS) is 27.2.